The zero-order valence-electron chi connectivity index (χ0n) is 19.3. The zero-order valence-corrected chi connectivity index (χ0v) is 21.7. The number of oxazole rings is 1. The molecule has 1 aliphatic heterocycles. The van der Waals surface area contributed by atoms with E-state index in [1.54, 1.807) is 7.11 Å². The maximum absolute atomic E-state index is 5.73. The molecule has 1 aliphatic rings. The zero-order chi connectivity index (χ0) is 21.5. The van der Waals surface area contributed by atoms with Crippen LogP contribution in [0.1, 0.15) is 41.3 Å². The number of nitrogens with zero attached hydrogens (tertiary/aromatic N) is 3. The number of hydrogen-bond acceptors (Lipinski definition) is 5. The second-order valence-electron chi connectivity index (χ2n) is 8.09. The Morgan fingerprint density at radius 2 is 1.97 bits per heavy atom. The molecule has 8 heteroatoms. The number of nitrogens with one attached hydrogen (secondary N) is 2. The van der Waals surface area contributed by atoms with Crippen molar-refractivity contribution < 1.29 is 9.15 Å². The number of benzene rings is 1. The Morgan fingerprint density at radius 1 is 1.23 bits per heavy atom. The summed E-state index contributed by atoms with van der Waals surface area (Å²) in [7, 11) is 3.52. The van der Waals surface area contributed by atoms with Crippen LogP contribution in [-0.4, -0.2) is 49.6 Å². The summed E-state index contributed by atoms with van der Waals surface area (Å²) in [5.74, 6) is 4.12. The van der Waals surface area contributed by atoms with Gasteiger partial charge in [0.25, 0.3) is 0 Å². The summed E-state index contributed by atoms with van der Waals surface area (Å²) in [5, 5.41) is 6.88. The van der Waals surface area contributed by atoms with E-state index in [-0.39, 0.29) is 24.0 Å². The molecule has 0 aliphatic carbocycles. The molecule has 2 heterocycles. The van der Waals surface area contributed by atoms with Gasteiger partial charge in [-0.05, 0) is 64.3 Å². The van der Waals surface area contributed by atoms with Crippen LogP contribution in [0.3, 0.4) is 0 Å². The van der Waals surface area contributed by atoms with E-state index in [0.717, 1.165) is 73.6 Å². The highest BCUT2D eigenvalue weighted by atomic mass is 127. The summed E-state index contributed by atoms with van der Waals surface area (Å²) in [6.07, 6.45) is 2.32. The average molecular weight is 541 g/mol. The lowest BCUT2D eigenvalue weighted by atomic mass is 9.97. The molecule has 1 aromatic heterocycles. The molecule has 0 amide bonds. The molecule has 0 radical (unpaired) electrons. The normalized spacial score (nSPS) is 15.5. The van der Waals surface area contributed by atoms with E-state index < -0.39 is 0 Å². The molecule has 1 aromatic carbocycles. The second-order valence-corrected chi connectivity index (χ2v) is 8.09. The van der Waals surface area contributed by atoms with Gasteiger partial charge >= 0.3 is 0 Å². The molecule has 31 heavy (non-hydrogen) atoms. The predicted molar refractivity (Wildman–Crippen MR) is 135 cm³/mol. The van der Waals surface area contributed by atoms with Crippen molar-refractivity contribution in [2.24, 2.45) is 10.9 Å². The van der Waals surface area contributed by atoms with E-state index in [4.69, 9.17) is 9.15 Å². The standard InChI is InChI=1S/C23H35N5O2.HI/c1-16-6-7-20(21(12-16)29-5)14-26-23(24-4)25-13-19-8-10-28(11-9-19)15-22-27-17(2)18(3)30-22;/h6-7,12,19H,8-11,13-15H2,1-5H3,(H2,24,25,26);1H. The summed E-state index contributed by atoms with van der Waals surface area (Å²) >= 11 is 0. The van der Waals surface area contributed by atoms with Crippen LogP contribution in [0.15, 0.2) is 27.6 Å². The number of guanidine groups is 1. The number of halogens is 1. The Hall–Kier alpha value is -1.81. The van der Waals surface area contributed by atoms with Gasteiger partial charge in [-0.15, -0.1) is 24.0 Å². The minimum absolute atomic E-state index is 0. The van der Waals surface area contributed by atoms with Crippen molar-refractivity contribution in [2.45, 2.75) is 46.7 Å². The van der Waals surface area contributed by atoms with Crippen molar-refractivity contribution in [1.82, 2.24) is 20.5 Å². The summed E-state index contributed by atoms with van der Waals surface area (Å²) in [6.45, 7) is 10.6. The van der Waals surface area contributed by atoms with Gasteiger partial charge in [-0.1, -0.05) is 12.1 Å². The number of piperidine rings is 1. The Labute approximate surface area is 203 Å². The summed E-state index contributed by atoms with van der Waals surface area (Å²) in [4.78, 5) is 11.3. The fourth-order valence-corrected chi connectivity index (χ4v) is 3.79. The molecular formula is C23H36IN5O2. The second kappa shape index (κ2) is 12.3. The molecule has 3 rings (SSSR count). The van der Waals surface area contributed by atoms with E-state index in [1.165, 1.54) is 5.56 Å². The van der Waals surface area contributed by atoms with Crippen molar-refractivity contribution in [3.05, 3.63) is 46.7 Å². The van der Waals surface area contributed by atoms with Gasteiger partial charge in [0.15, 0.2) is 5.96 Å². The number of aromatic nitrogens is 1. The van der Waals surface area contributed by atoms with E-state index in [9.17, 15) is 0 Å². The highest BCUT2D eigenvalue weighted by Gasteiger charge is 2.21. The van der Waals surface area contributed by atoms with Crippen LogP contribution in [0, 0.1) is 26.7 Å². The topological polar surface area (TPSA) is 74.9 Å². The Bertz CT molecular complexity index is 840. The van der Waals surface area contributed by atoms with Gasteiger partial charge in [0.1, 0.15) is 11.5 Å². The first-order chi connectivity index (χ1) is 14.5. The molecule has 0 atom stereocenters. The van der Waals surface area contributed by atoms with Gasteiger partial charge in [-0.3, -0.25) is 9.89 Å². The number of hydrogen-bond donors (Lipinski definition) is 2. The third-order valence-electron chi connectivity index (χ3n) is 5.81. The minimum Gasteiger partial charge on any atom is -0.496 e. The number of methoxy groups -OCH3 is 1. The monoisotopic (exact) mass is 541 g/mol. The maximum atomic E-state index is 5.73. The number of ether oxygens (including phenoxy) is 1. The van der Waals surface area contributed by atoms with Gasteiger partial charge in [0.05, 0.1) is 19.3 Å². The molecule has 2 aromatic rings. The van der Waals surface area contributed by atoms with Crippen LogP contribution in [0.2, 0.25) is 0 Å². The Morgan fingerprint density at radius 3 is 2.58 bits per heavy atom. The fourth-order valence-electron chi connectivity index (χ4n) is 3.79. The molecule has 1 fully saturated rings. The summed E-state index contributed by atoms with van der Waals surface area (Å²) < 4.78 is 11.2. The van der Waals surface area contributed by atoms with Crippen LogP contribution >= 0.6 is 24.0 Å². The number of aryl methyl sites for hydroxylation is 3. The fraction of sp³-hybridized carbons (Fsp3) is 0.565. The van der Waals surface area contributed by atoms with Crippen molar-refractivity contribution in [3.63, 3.8) is 0 Å². The van der Waals surface area contributed by atoms with E-state index in [1.807, 2.05) is 20.9 Å². The number of likely N-dealkylation sites (tertiary alicyclic amines) is 1. The molecule has 2 N–H and O–H groups in total. The van der Waals surface area contributed by atoms with Crippen molar-refractivity contribution in [1.29, 1.82) is 0 Å². The first kappa shape index (κ1) is 25.5. The first-order valence-electron chi connectivity index (χ1n) is 10.7. The molecule has 0 bridgehead atoms. The van der Waals surface area contributed by atoms with Crippen LogP contribution in [0.25, 0.3) is 0 Å². The molecule has 0 unspecified atom stereocenters. The van der Waals surface area contributed by atoms with Crippen LogP contribution in [0.5, 0.6) is 5.75 Å². The van der Waals surface area contributed by atoms with Crippen molar-refractivity contribution in [2.75, 3.05) is 33.8 Å². The van der Waals surface area contributed by atoms with Crippen LogP contribution < -0.4 is 15.4 Å². The van der Waals surface area contributed by atoms with Gasteiger partial charge < -0.3 is 19.8 Å². The van der Waals surface area contributed by atoms with Crippen molar-refractivity contribution in [3.8, 4) is 5.75 Å². The molecule has 1 saturated heterocycles. The SMILES string of the molecule is CN=C(NCc1ccc(C)cc1OC)NCC1CCN(Cc2nc(C)c(C)o2)CC1.I. The Balaban J connectivity index is 0.00000341. The summed E-state index contributed by atoms with van der Waals surface area (Å²) in [5.41, 5.74) is 3.31. The van der Waals surface area contributed by atoms with Gasteiger partial charge in [-0.2, -0.15) is 0 Å². The van der Waals surface area contributed by atoms with Crippen molar-refractivity contribution >= 4 is 29.9 Å². The largest absolute Gasteiger partial charge is 0.496 e. The van der Waals surface area contributed by atoms with E-state index in [0.29, 0.717) is 12.5 Å². The lowest BCUT2D eigenvalue weighted by molar-refractivity contribution is 0.164. The number of rotatable bonds is 7. The third-order valence-corrected chi connectivity index (χ3v) is 5.81. The molecule has 172 valence electrons. The average Bonchev–Trinajstić information content (AvgIpc) is 3.06. The highest BCUT2D eigenvalue weighted by Crippen LogP contribution is 2.20. The van der Waals surface area contributed by atoms with Gasteiger partial charge in [-0.25, -0.2) is 4.98 Å². The van der Waals surface area contributed by atoms with Crippen LogP contribution in [-0.2, 0) is 13.1 Å². The molecule has 7 nitrogen and oxygen atoms in total. The minimum atomic E-state index is 0. The molecule has 0 saturated carbocycles. The Kier molecular flexibility index (Phi) is 10.1. The third kappa shape index (κ3) is 7.38. The highest BCUT2D eigenvalue weighted by molar-refractivity contribution is 14.0. The smallest absolute Gasteiger partial charge is 0.208 e. The number of aliphatic imine (C=N–C) groups is 1. The predicted octanol–water partition coefficient (Wildman–Crippen LogP) is 3.80. The summed E-state index contributed by atoms with van der Waals surface area (Å²) in [6, 6.07) is 6.26. The maximum Gasteiger partial charge on any atom is 0.208 e. The van der Waals surface area contributed by atoms with E-state index >= 15 is 0 Å². The molecular weight excluding hydrogens is 505 g/mol. The quantitative estimate of drug-likeness (QED) is 0.316. The first-order valence-corrected chi connectivity index (χ1v) is 10.7. The van der Waals surface area contributed by atoms with Gasteiger partial charge in [0, 0.05) is 25.7 Å². The lowest BCUT2D eigenvalue weighted by Gasteiger charge is -2.31. The van der Waals surface area contributed by atoms with Gasteiger partial charge in [0.2, 0.25) is 5.89 Å². The van der Waals surface area contributed by atoms with E-state index in [2.05, 4.69) is 50.6 Å². The van der Waals surface area contributed by atoms with Crippen LogP contribution in [0.4, 0.5) is 0 Å². The lowest BCUT2D eigenvalue weighted by Crippen LogP contribution is -2.42. The molecule has 0 spiro atoms.